The predicted octanol–water partition coefficient (Wildman–Crippen LogP) is 1.95. The highest BCUT2D eigenvalue weighted by molar-refractivity contribution is 7.98. The molecule has 0 bridgehead atoms. The van der Waals surface area contributed by atoms with Gasteiger partial charge in [-0.1, -0.05) is 13.8 Å². The van der Waals surface area contributed by atoms with Gasteiger partial charge in [0.05, 0.1) is 23.6 Å². The Bertz CT molecular complexity index is 294. The van der Waals surface area contributed by atoms with Crippen LogP contribution in [-0.4, -0.2) is 21.8 Å². The Hall–Kier alpha value is -0.640. The van der Waals surface area contributed by atoms with Crippen molar-refractivity contribution >= 4 is 17.4 Å². The zero-order valence-electron chi connectivity index (χ0n) is 9.21. The molecule has 0 aromatic carbocycles. The normalized spacial score (nSPS) is 10.8. The van der Waals surface area contributed by atoms with Gasteiger partial charge in [-0.2, -0.15) is 16.9 Å². The lowest BCUT2D eigenvalue weighted by molar-refractivity contribution is 0.624. The third-order valence-electron chi connectivity index (χ3n) is 2.35. The molecule has 3 nitrogen and oxygen atoms in total. The maximum atomic E-state index is 6.01. The lowest BCUT2D eigenvalue weighted by atomic mass is 10.2. The van der Waals surface area contributed by atoms with Crippen molar-refractivity contribution in [3.8, 4) is 0 Å². The summed E-state index contributed by atoms with van der Waals surface area (Å²) >= 11 is 1.84. The van der Waals surface area contributed by atoms with Crippen LogP contribution < -0.4 is 5.73 Å². The molecular weight excluding hydrogens is 194 g/mol. The third kappa shape index (κ3) is 2.23. The molecule has 0 amide bonds. The zero-order chi connectivity index (χ0) is 10.6. The third-order valence-corrected chi connectivity index (χ3v) is 2.94. The molecule has 0 radical (unpaired) electrons. The van der Waals surface area contributed by atoms with Crippen LogP contribution in [-0.2, 0) is 19.4 Å². The van der Waals surface area contributed by atoms with Crippen molar-refractivity contribution in [1.82, 2.24) is 9.78 Å². The van der Waals surface area contributed by atoms with Gasteiger partial charge in [-0.05, 0) is 19.1 Å². The van der Waals surface area contributed by atoms with Crippen LogP contribution in [0.25, 0.3) is 0 Å². The molecule has 80 valence electrons. The molecule has 0 unspecified atom stereocenters. The first-order valence-corrected chi connectivity index (χ1v) is 6.46. The fraction of sp³-hybridized carbons (Fsp3) is 0.700. The number of anilines is 1. The van der Waals surface area contributed by atoms with Crippen LogP contribution in [0.3, 0.4) is 0 Å². The molecule has 14 heavy (non-hydrogen) atoms. The van der Waals surface area contributed by atoms with Gasteiger partial charge in [-0.3, -0.25) is 4.68 Å². The Kier molecular flexibility index (Phi) is 4.32. The van der Waals surface area contributed by atoms with Gasteiger partial charge in [0, 0.05) is 5.75 Å². The first kappa shape index (κ1) is 11.4. The van der Waals surface area contributed by atoms with Crippen LogP contribution in [0.2, 0.25) is 0 Å². The number of nitrogens with zero attached hydrogens (tertiary/aromatic N) is 2. The second kappa shape index (κ2) is 5.29. The second-order valence-corrected chi connectivity index (χ2v) is 4.22. The number of hydrogen-bond donors (Lipinski definition) is 1. The van der Waals surface area contributed by atoms with Gasteiger partial charge < -0.3 is 5.73 Å². The molecular formula is C10H19N3S. The molecule has 1 heterocycles. The Balaban J connectivity index is 2.90. The lowest BCUT2D eigenvalue weighted by Crippen LogP contribution is -2.07. The van der Waals surface area contributed by atoms with Gasteiger partial charge >= 0.3 is 0 Å². The number of hydrogen-bond acceptors (Lipinski definition) is 3. The summed E-state index contributed by atoms with van der Waals surface area (Å²) in [5, 5.41) is 4.51. The van der Waals surface area contributed by atoms with Gasteiger partial charge in [-0.15, -0.1) is 0 Å². The molecule has 0 fully saturated rings. The van der Waals surface area contributed by atoms with E-state index in [2.05, 4.69) is 29.9 Å². The summed E-state index contributed by atoms with van der Waals surface area (Å²) in [6.07, 6.45) is 4.00. The number of aryl methyl sites for hydroxylation is 2. The van der Waals surface area contributed by atoms with E-state index in [0.717, 1.165) is 36.5 Å². The van der Waals surface area contributed by atoms with E-state index in [9.17, 15) is 0 Å². The molecule has 0 aliphatic carbocycles. The van der Waals surface area contributed by atoms with Gasteiger partial charge in [0.25, 0.3) is 0 Å². The Morgan fingerprint density at radius 1 is 1.36 bits per heavy atom. The molecule has 0 saturated carbocycles. The molecule has 0 saturated heterocycles. The van der Waals surface area contributed by atoms with Crippen LogP contribution in [0.4, 0.5) is 5.69 Å². The van der Waals surface area contributed by atoms with Crippen molar-refractivity contribution in [1.29, 1.82) is 0 Å². The quantitative estimate of drug-likeness (QED) is 0.813. The molecule has 1 aromatic heterocycles. The van der Waals surface area contributed by atoms with Gasteiger partial charge in [0.2, 0.25) is 0 Å². The van der Waals surface area contributed by atoms with E-state index in [1.54, 1.807) is 0 Å². The van der Waals surface area contributed by atoms with Crippen LogP contribution >= 0.6 is 11.8 Å². The highest BCUT2D eigenvalue weighted by atomic mass is 32.2. The molecule has 0 atom stereocenters. The monoisotopic (exact) mass is 213 g/mol. The van der Waals surface area contributed by atoms with Crippen molar-refractivity contribution in [3.05, 3.63) is 11.4 Å². The summed E-state index contributed by atoms with van der Waals surface area (Å²) in [5.74, 6) is 1.09. The van der Waals surface area contributed by atoms with Crippen LogP contribution in [0.5, 0.6) is 0 Å². The standard InChI is InChI=1S/C10H19N3S/c1-4-8-10(11)9(5-2)13(12-8)6-7-14-3/h4-7,11H2,1-3H3. The van der Waals surface area contributed by atoms with Crippen molar-refractivity contribution < 1.29 is 0 Å². The maximum Gasteiger partial charge on any atom is 0.0854 e. The van der Waals surface area contributed by atoms with E-state index in [-0.39, 0.29) is 0 Å². The summed E-state index contributed by atoms with van der Waals surface area (Å²) in [5.41, 5.74) is 9.14. The first-order chi connectivity index (χ1) is 6.74. The number of rotatable bonds is 5. The lowest BCUT2D eigenvalue weighted by Gasteiger charge is -2.04. The first-order valence-electron chi connectivity index (χ1n) is 5.07. The van der Waals surface area contributed by atoms with E-state index in [4.69, 9.17) is 5.73 Å². The van der Waals surface area contributed by atoms with E-state index < -0.39 is 0 Å². The van der Waals surface area contributed by atoms with E-state index in [0.29, 0.717) is 0 Å². The molecule has 1 aromatic rings. The van der Waals surface area contributed by atoms with Crippen molar-refractivity contribution in [3.63, 3.8) is 0 Å². The van der Waals surface area contributed by atoms with Crippen LogP contribution in [0, 0.1) is 0 Å². The molecule has 1 rings (SSSR count). The molecule has 0 spiro atoms. The number of nitrogen functional groups attached to an aromatic ring is 1. The average molecular weight is 213 g/mol. The van der Waals surface area contributed by atoms with Gasteiger partial charge in [0.1, 0.15) is 0 Å². The molecule has 0 aliphatic heterocycles. The smallest absolute Gasteiger partial charge is 0.0854 e. The largest absolute Gasteiger partial charge is 0.396 e. The van der Waals surface area contributed by atoms with Crippen molar-refractivity contribution in [2.24, 2.45) is 0 Å². The van der Waals surface area contributed by atoms with E-state index in [1.807, 2.05) is 11.8 Å². The number of thioether (sulfide) groups is 1. The zero-order valence-corrected chi connectivity index (χ0v) is 10.0. The summed E-state index contributed by atoms with van der Waals surface area (Å²) in [7, 11) is 0. The fourth-order valence-electron chi connectivity index (χ4n) is 1.56. The molecule has 2 N–H and O–H groups in total. The summed E-state index contributed by atoms with van der Waals surface area (Å²) < 4.78 is 2.06. The SMILES string of the molecule is CCc1nn(CCSC)c(CC)c1N. The Labute approximate surface area is 90.1 Å². The van der Waals surface area contributed by atoms with Gasteiger partial charge in [-0.25, -0.2) is 0 Å². The van der Waals surface area contributed by atoms with Crippen molar-refractivity contribution in [2.75, 3.05) is 17.7 Å². The van der Waals surface area contributed by atoms with Gasteiger partial charge in [0.15, 0.2) is 0 Å². The summed E-state index contributed by atoms with van der Waals surface area (Å²) in [4.78, 5) is 0. The van der Waals surface area contributed by atoms with Crippen LogP contribution in [0.1, 0.15) is 25.2 Å². The highest BCUT2D eigenvalue weighted by Crippen LogP contribution is 2.18. The Morgan fingerprint density at radius 2 is 2.07 bits per heavy atom. The predicted molar refractivity (Wildman–Crippen MR) is 63.8 cm³/mol. The minimum Gasteiger partial charge on any atom is -0.396 e. The Morgan fingerprint density at radius 3 is 2.57 bits per heavy atom. The van der Waals surface area contributed by atoms with Crippen molar-refractivity contribution in [2.45, 2.75) is 33.2 Å². The topological polar surface area (TPSA) is 43.8 Å². The highest BCUT2D eigenvalue weighted by Gasteiger charge is 2.11. The average Bonchev–Trinajstić information content (AvgIpc) is 2.51. The second-order valence-electron chi connectivity index (χ2n) is 3.23. The van der Waals surface area contributed by atoms with E-state index >= 15 is 0 Å². The molecule has 0 aliphatic rings. The molecule has 4 heteroatoms. The number of nitrogens with two attached hydrogens (primary N) is 1. The summed E-state index contributed by atoms with van der Waals surface area (Å²) in [6.45, 7) is 5.19. The minimum atomic E-state index is 0.899. The number of aromatic nitrogens is 2. The maximum absolute atomic E-state index is 6.01. The van der Waals surface area contributed by atoms with Crippen LogP contribution in [0.15, 0.2) is 0 Å². The minimum absolute atomic E-state index is 0.899. The fourth-order valence-corrected chi connectivity index (χ4v) is 1.92. The summed E-state index contributed by atoms with van der Waals surface area (Å²) in [6, 6.07) is 0. The van der Waals surface area contributed by atoms with E-state index in [1.165, 1.54) is 5.69 Å².